The van der Waals surface area contributed by atoms with Crippen molar-refractivity contribution in [3.05, 3.63) is 54.1 Å². The van der Waals surface area contributed by atoms with E-state index in [1.807, 2.05) is 36.4 Å². The molecule has 0 radical (unpaired) electrons. The van der Waals surface area contributed by atoms with Gasteiger partial charge in [0.05, 0.1) is 30.6 Å². The van der Waals surface area contributed by atoms with Crippen molar-refractivity contribution in [2.24, 2.45) is 0 Å². The van der Waals surface area contributed by atoms with Gasteiger partial charge in [-0.05, 0) is 42.8 Å². The SMILES string of the molecule is Nc1ccccc1NC(=O)c1ccc(N[C@H]2CCN(C3COC3)C2)cc1. The number of likely N-dealkylation sites (tertiary alicyclic amines) is 1. The molecule has 0 unspecified atom stereocenters. The first-order chi connectivity index (χ1) is 12.7. The lowest BCUT2D eigenvalue weighted by Gasteiger charge is -2.34. The lowest BCUT2D eigenvalue weighted by Crippen LogP contribution is -2.48. The third kappa shape index (κ3) is 3.66. The van der Waals surface area contributed by atoms with Crippen molar-refractivity contribution in [2.45, 2.75) is 18.5 Å². The van der Waals surface area contributed by atoms with Crippen molar-refractivity contribution < 1.29 is 9.53 Å². The van der Waals surface area contributed by atoms with Gasteiger partial charge >= 0.3 is 0 Å². The zero-order chi connectivity index (χ0) is 17.9. The van der Waals surface area contributed by atoms with Gasteiger partial charge < -0.3 is 21.1 Å². The fourth-order valence-corrected chi connectivity index (χ4v) is 3.43. The first kappa shape index (κ1) is 16.9. The summed E-state index contributed by atoms with van der Waals surface area (Å²) in [5.74, 6) is -0.161. The zero-order valence-electron chi connectivity index (χ0n) is 14.7. The molecule has 4 N–H and O–H groups in total. The highest BCUT2D eigenvalue weighted by molar-refractivity contribution is 6.05. The summed E-state index contributed by atoms with van der Waals surface area (Å²) in [4.78, 5) is 14.9. The van der Waals surface area contributed by atoms with E-state index in [0.29, 0.717) is 29.0 Å². The van der Waals surface area contributed by atoms with Gasteiger partial charge in [-0.25, -0.2) is 0 Å². The minimum Gasteiger partial charge on any atom is -0.397 e. The van der Waals surface area contributed by atoms with E-state index in [1.165, 1.54) is 0 Å². The Hall–Kier alpha value is -2.57. The predicted octanol–water partition coefficient (Wildman–Crippen LogP) is 2.41. The highest BCUT2D eigenvalue weighted by atomic mass is 16.5. The summed E-state index contributed by atoms with van der Waals surface area (Å²) in [6.07, 6.45) is 1.13. The number of nitrogens with two attached hydrogens (primary N) is 1. The smallest absolute Gasteiger partial charge is 0.255 e. The second-order valence-electron chi connectivity index (χ2n) is 6.93. The maximum Gasteiger partial charge on any atom is 0.255 e. The number of benzene rings is 2. The van der Waals surface area contributed by atoms with E-state index in [2.05, 4.69) is 15.5 Å². The number of anilines is 3. The average Bonchev–Trinajstić information content (AvgIpc) is 3.04. The monoisotopic (exact) mass is 352 g/mol. The van der Waals surface area contributed by atoms with Gasteiger partial charge in [0.15, 0.2) is 0 Å². The Morgan fingerprint density at radius 2 is 1.88 bits per heavy atom. The second-order valence-corrected chi connectivity index (χ2v) is 6.93. The number of carbonyl (C=O) groups excluding carboxylic acids is 1. The lowest BCUT2D eigenvalue weighted by molar-refractivity contribution is -0.0571. The third-order valence-electron chi connectivity index (χ3n) is 5.08. The number of nitrogens with zero attached hydrogens (tertiary/aromatic N) is 1. The van der Waals surface area contributed by atoms with Crippen LogP contribution in [-0.2, 0) is 4.74 Å². The molecular formula is C20H24N4O2. The number of ether oxygens (including phenoxy) is 1. The molecule has 136 valence electrons. The van der Waals surface area contributed by atoms with Gasteiger partial charge in [0, 0.05) is 30.4 Å². The van der Waals surface area contributed by atoms with Crippen molar-refractivity contribution in [1.82, 2.24) is 4.90 Å². The van der Waals surface area contributed by atoms with Gasteiger partial charge in [-0.2, -0.15) is 0 Å². The molecule has 26 heavy (non-hydrogen) atoms. The molecule has 2 heterocycles. The van der Waals surface area contributed by atoms with Gasteiger partial charge in [-0.1, -0.05) is 12.1 Å². The molecule has 2 fully saturated rings. The van der Waals surface area contributed by atoms with Crippen molar-refractivity contribution >= 4 is 23.0 Å². The van der Waals surface area contributed by atoms with Crippen LogP contribution in [-0.4, -0.2) is 49.2 Å². The Kier molecular flexibility index (Phi) is 4.77. The first-order valence-electron chi connectivity index (χ1n) is 9.03. The summed E-state index contributed by atoms with van der Waals surface area (Å²) < 4.78 is 5.28. The molecule has 0 spiro atoms. The topological polar surface area (TPSA) is 79.6 Å². The van der Waals surface area contributed by atoms with Gasteiger partial charge in [-0.3, -0.25) is 9.69 Å². The van der Waals surface area contributed by atoms with Crippen LogP contribution in [0.2, 0.25) is 0 Å². The van der Waals surface area contributed by atoms with Crippen LogP contribution in [0.1, 0.15) is 16.8 Å². The van der Waals surface area contributed by atoms with Gasteiger partial charge in [0.2, 0.25) is 0 Å². The summed E-state index contributed by atoms with van der Waals surface area (Å²) in [6.45, 7) is 3.89. The van der Waals surface area contributed by atoms with Crippen LogP contribution in [0.15, 0.2) is 48.5 Å². The van der Waals surface area contributed by atoms with Crippen molar-refractivity contribution in [3.8, 4) is 0 Å². The van der Waals surface area contributed by atoms with Crippen LogP contribution < -0.4 is 16.4 Å². The van der Waals surface area contributed by atoms with Crippen molar-refractivity contribution in [1.29, 1.82) is 0 Å². The lowest BCUT2D eigenvalue weighted by atomic mass is 10.1. The molecule has 0 aliphatic carbocycles. The average molecular weight is 352 g/mol. The van der Waals surface area contributed by atoms with Gasteiger partial charge in [0.1, 0.15) is 0 Å². The maximum absolute atomic E-state index is 12.4. The number of hydrogen-bond donors (Lipinski definition) is 3. The molecule has 2 aliphatic rings. The fraction of sp³-hybridized carbons (Fsp3) is 0.350. The molecule has 2 aliphatic heterocycles. The largest absolute Gasteiger partial charge is 0.397 e. The highest BCUT2D eigenvalue weighted by Crippen LogP contribution is 2.22. The number of hydrogen-bond acceptors (Lipinski definition) is 5. The Balaban J connectivity index is 1.33. The van der Waals surface area contributed by atoms with Crippen molar-refractivity contribution in [3.63, 3.8) is 0 Å². The minimum atomic E-state index is -0.161. The van der Waals surface area contributed by atoms with E-state index < -0.39 is 0 Å². The molecule has 0 bridgehead atoms. The van der Waals surface area contributed by atoms with Crippen LogP contribution in [0.4, 0.5) is 17.1 Å². The van der Waals surface area contributed by atoms with E-state index in [4.69, 9.17) is 10.5 Å². The first-order valence-corrected chi connectivity index (χ1v) is 9.03. The molecule has 1 atom stereocenters. The number of nitrogens with one attached hydrogen (secondary N) is 2. The van der Waals surface area contributed by atoms with Crippen LogP contribution in [0.3, 0.4) is 0 Å². The molecule has 1 amide bonds. The number of amides is 1. The number of carbonyl (C=O) groups is 1. The molecule has 4 rings (SSSR count). The van der Waals surface area contributed by atoms with Gasteiger partial charge in [0.25, 0.3) is 5.91 Å². The Morgan fingerprint density at radius 3 is 2.58 bits per heavy atom. The van der Waals surface area contributed by atoms with Crippen LogP contribution in [0.25, 0.3) is 0 Å². The maximum atomic E-state index is 12.4. The van der Waals surface area contributed by atoms with Crippen LogP contribution >= 0.6 is 0 Å². The number of para-hydroxylation sites is 2. The van der Waals surface area contributed by atoms with E-state index >= 15 is 0 Å². The highest BCUT2D eigenvalue weighted by Gasteiger charge is 2.32. The number of rotatable bonds is 5. The summed E-state index contributed by atoms with van der Waals surface area (Å²) in [7, 11) is 0. The quantitative estimate of drug-likeness (QED) is 0.720. The molecule has 2 saturated heterocycles. The molecule has 6 nitrogen and oxygen atoms in total. The van der Waals surface area contributed by atoms with E-state index in [0.717, 1.165) is 38.4 Å². The Morgan fingerprint density at radius 1 is 1.12 bits per heavy atom. The zero-order valence-corrected chi connectivity index (χ0v) is 14.7. The third-order valence-corrected chi connectivity index (χ3v) is 5.08. The van der Waals surface area contributed by atoms with E-state index in [9.17, 15) is 4.79 Å². The molecule has 6 heteroatoms. The molecule has 2 aromatic carbocycles. The normalized spacial score (nSPS) is 20.5. The van der Waals surface area contributed by atoms with E-state index in [1.54, 1.807) is 12.1 Å². The summed E-state index contributed by atoms with van der Waals surface area (Å²) in [6, 6.07) is 15.9. The molecule has 0 saturated carbocycles. The fourth-order valence-electron chi connectivity index (χ4n) is 3.43. The second kappa shape index (κ2) is 7.35. The molecular weight excluding hydrogens is 328 g/mol. The minimum absolute atomic E-state index is 0.161. The molecule has 2 aromatic rings. The predicted molar refractivity (Wildman–Crippen MR) is 103 cm³/mol. The standard InChI is InChI=1S/C20H24N4O2/c21-18-3-1-2-4-19(18)23-20(25)14-5-7-15(8-6-14)22-16-9-10-24(11-16)17-12-26-13-17/h1-8,16-17,22H,9-13,21H2,(H,23,25)/t16-/m0/s1. The van der Waals surface area contributed by atoms with Crippen LogP contribution in [0, 0.1) is 0 Å². The number of nitrogen functional groups attached to an aromatic ring is 1. The summed E-state index contributed by atoms with van der Waals surface area (Å²) in [5.41, 5.74) is 8.71. The van der Waals surface area contributed by atoms with Crippen LogP contribution in [0.5, 0.6) is 0 Å². The summed E-state index contributed by atoms with van der Waals surface area (Å²) >= 11 is 0. The van der Waals surface area contributed by atoms with E-state index in [-0.39, 0.29) is 5.91 Å². The summed E-state index contributed by atoms with van der Waals surface area (Å²) in [5, 5.41) is 6.41. The van der Waals surface area contributed by atoms with Gasteiger partial charge in [-0.15, -0.1) is 0 Å². The van der Waals surface area contributed by atoms with Crippen molar-refractivity contribution in [2.75, 3.05) is 42.7 Å². The Bertz CT molecular complexity index is 774. The Labute approximate surface area is 153 Å². The molecule has 0 aromatic heterocycles.